The molecule has 32 heavy (non-hydrogen) atoms. The summed E-state index contributed by atoms with van der Waals surface area (Å²) in [6.07, 6.45) is 4.47. The normalized spacial score (nSPS) is 12.6. The van der Waals surface area contributed by atoms with Gasteiger partial charge < -0.3 is 5.32 Å². The number of para-hydroxylation sites is 1. The van der Waals surface area contributed by atoms with Gasteiger partial charge in [0.25, 0.3) is 0 Å². The molecule has 0 aromatic heterocycles. The highest BCUT2D eigenvalue weighted by Crippen LogP contribution is 2.32. The van der Waals surface area contributed by atoms with Crippen molar-refractivity contribution < 1.29 is 0 Å². The Hall–Kier alpha value is -3.58. The van der Waals surface area contributed by atoms with E-state index in [0.29, 0.717) is 0 Å². The first-order chi connectivity index (χ1) is 15.7. The van der Waals surface area contributed by atoms with E-state index in [1.54, 1.807) is 0 Å². The maximum absolute atomic E-state index is 3.77. The van der Waals surface area contributed by atoms with E-state index in [1.165, 1.54) is 27.8 Å². The van der Waals surface area contributed by atoms with Crippen molar-refractivity contribution >= 4 is 17.3 Å². The van der Waals surface area contributed by atoms with Crippen molar-refractivity contribution in [2.24, 2.45) is 0 Å². The van der Waals surface area contributed by atoms with Crippen molar-refractivity contribution in [2.75, 3.05) is 5.32 Å². The summed E-state index contributed by atoms with van der Waals surface area (Å²) < 4.78 is 0. The van der Waals surface area contributed by atoms with Gasteiger partial charge in [0, 0.05) is 5.69 Å². The number of hydrogen-bond donors (Lipinski definition) is 1. The first kappa shape index (κ1) is 21.6. The Kier molecular flexibility index (Phi) is 6.87. The van der Waals surface area contributed by atoms with E-state index in [-0.39, 0.29) is 5.54 Å². The number of benzene rings is 4. The van der Waals surface area contributed by atoms with Crippen molar-refractivity contribution in [3.63, 3.8) is 0 Å². The van der Waals surface area contributed by atoms with Crippen LogP contribution in [0.5, 0.6) is 0 Å². The molecule has 4 rings (SSSR count). The maximum atomic E-state index is 3.77. The van der Waals surface area contributed by atoms with Gasteiger partial charge in [-0.1, -0.05) is 116 Å². The van der Waals surface area contributed by atoms with Crippen LogP contribution in [0.1, 0.15) is 48.9 Å². The van der Waals surface area contributed by atoms with Gasteiger partial charge in [0.05, 0.1) is 5.54 Å². The molecule has 0 saturated carbocycles. The van der Waals surface area contributed by atoms with Gasteiger partial charge in [-0.3, -0.25) is 0 Å². The first-order valence-corrected chi connectivity index (χ1v) is 11.4. The van der Waals surface area contributed by atoms with Crippen LogP contribution in [0.15, 0.2) is 115 Å². The lowest BCUT2D eigenvalue weighted by molar-refractivity contribution is 0.488. The monoisotopic (exact) mass is 417 g/mol. The number of hydrogen-bond acceptors (Lipinski definition) is 1. The number of nitrogens with one attached hydrogen (secondary N) is 1. The van der Waals surface area contributed by atoms with Crippen molar-refractivity contribution in [1.82, 2.24) is 0 Å². The second-order valence-corrected chi connectivity index (χ2v) is 8.49. The fourth-order valence-corrected chi connectivity index (χ4v) is 4.30. The van der Waals surface area contributed by atoms with Crippen LogP contribution < -0.4 is 5.32 Å². The largest absolute Gasteiger partial charge is 0.376 e. The minimum Gasteiger partial charge on any atom is -0.376 e. The zero-order valence-electron chi connectivity index (χ0n) is 19.0. The van der Waals surface area contributed by atoms with Gasteiger partial charge >= 0.3 is 0 Å². The molecular formula is C31H31N. The molecule has 4 aromatic rings. The molecule has 0 bridgehead atoms. The Morgan fingerprint density at radius 2 is 1.19 bits per heavy atom. The van der Waals surface area contributed by atoms with Crippen LogP contribution in [-0.2, 0) is 5.54 Å². The lowest BCUT2D eigenvalue weighted by Crippen LogP contribution is -2.31. The molecule has 1 atom stereocenters. The Morgan fingerprint density at radius 3 is 1.69 bits per heavy atom. The highest BCUT2D eigenvalue weighted by Gasteiger charge is 2.25. The van der Waals surface area contributed by atoms with Crippen LogP contribution >= 0.6 is 0 Å². The van der Waals surface area contributed by atoms with E-state index in [9.17, 15) is 0 Å². The molecule has 0 fully saturated rings. The summed E-state index contributed by atoms with van der Waals surface area (Å²) in [5, 5.41) is 3.77. The van der Waals surface area contributed by atoms with Gasteiger partial charge in [-0.05, 0) is 59.4 Å². The predicted octanol–water partition coefficient (Wildman–Crippen LogP) is 8.40. The molecule has 1 heteroatoms. The van der Waals surface area contributed by atoms with Crippen LogP contribution in [0.4, 0.5) is 5.69 Å². The summed E-state index contributed by atoms with van der Waals surface area (Å²) >= 11 is 0. The zero-order valence-corrected chi connectivity index (χ0v) is 19.0. The third kappa shape index (κ3) is 5.18. The fraction of sp³-hybridized carbons (Fsp3) is 0.161. The van der Waals surface area contributed by atoms with Crippen LogP contribution in [-0.4, -0.2) is 0 Å². The van der Waals surface area contributed by atoms with E-state index < -0.39 is 0 Å². The van der Waals surface area contributed by atoms with E-state index in [1.807, 2.05) is 0 Å². The average Bonchev–Trinajstić information content (AvgIpc) is 2.85. The van der Waals surface area contributed by atoms with E-state index in [2.05, 4.69) is 141 Å². The SMILES string of the molecule is CCC[C@](C)(Nc1ccccc1)c1ccc(C=C(c2ccccc2)c2ccccc2)cc1. The summed E-state index contributed by atoms with van der Waals surface area (Å²) in [7, 11) is 0. The van der Waals surface area contributed by atoms with Gasteiger partial charge in [0.15, 0.2) is 0 Å². The summed E-state index contributed by atoms with van der Waals surface area (Å²) in [5.74, 6) is 0. The van der Waals surface area contributed by atoms with Crippen LogP contribution in [0.3, 0.4) is 0 Å². The summed E-state index contributed by atoms with van der Waals surface area (Å²) in [5.41, 5.74) is 7.24. The Bertz CT molecular complexity index is 1090. The van der Waals surface area contributed by atoms with Crippen LogP contribution in [0, 0.1) is 0 Å². The molecule has 0 aliphatic rings. The minimum atomic E-state index is -0.111. The molecular weight excluding hydrogens is 386 g/mol. The molecule has 0 aliphatic carbocycles. The number of anilines is 1. The van der Waals surface area contributed by atoms with Crippen LogP contribution in [0.25, 0.3) is 11.6 Å². The lowest BCUT2D eigenvalue weighted by Gasteiger charge is -2.32. The summed E-state index contributed by atoms with van der Waals surface area (Å²) in [6, 6.07) is 40.7. The van der Waals surface area contributed by atoms with Crippen molar-refractivity contribution in [3.05, 3.63) is 138 Å². The summed E-state index contributed by atoms with van der Waals surface area (Å²) in [6.45, 7) is 4.54. The maximum Gasteiger partial charge on any atom is 0.0597 e. The molecule has 160 valence electrons. The van der Waals surface area contributed by atoms with E-state index >= 15 is 0 Å². The van der Waals surface area contributed by atoms with Gasteiger partial charge in [-0.2, -0.15) is 0 Å². The van der Waals surface area contributed by atoms with E-state index in [0.717, 1.165) is 18.5 Å². The highest BCUT2D eigenvalue weighted by atomic mass is 15.0. The van der Waals surface area contributed by atoms with Gasteiger partial charge in [-0.25, -0.2) is 0 Å². The Labute approximate surface area is 192 Å². The third-order valence-corrected chi connectivity index (χ3v) is 5.97. The molecule has 0 radical (unpaired) electrons. The fourth-order valence-electron chi connectivity index (χ4n) is 4.30. The zero-order chi connectivity index (χ0) is 22.2. The molecule has 0 amide bonds. The van der Waals surface area contributed by atoms with Gasteiger partial charge in [0.2, 0.25) is 0 Å². The third-order valence-electron chi connectivity index (χ3n) is 5.97. The molecule has 0 heterocycles. The lowest BCUT2D eigenvalue weighted by atomic mass is 9.86. The Morgan fingerprint density at radius 1 is 0.688 bits per heavy atom. The highest BCUT2D eigenvalue weighted by molar-refractivity contribution is 5.91. The molecule has 1 N–H and O–H groups in total. The van der Waals surface area contributed by atoms with Crippen molar-refractivity contribution in [2.45, 2.75) is 32.2 Å². The van der Waals surface area contributed by atoms with Crippen molar-refractivity contribution in [1.29, 1.82) is 0 Å². The second-order valence-electron chi connectivity index (χ2n) is 8.49. The smallest absolute Gasteiger partial charge is 0.0597 e. The first-order valence-electron chi connectivity index (χ1n) is 11.4. The Balaban J connectivity index is 1.67. The van der Waals surface area contributed by atoms with E-state index in [4.69, 9.17) is 0 Å². The molecule has 1 nitrogen and oxygen atoms in total. The minimum absolute atomic E-state index is 0.111. The molecule has 0 unspecified atom stereocenters. The molecule has 0 spiro atoms. The second kappa shape index (κ2) is 10.2. The number of rotatable bonds is 8. The van der Waals surface area contributed by atoms with Crippen LogP contribution in [0.2, 0.25) is 0 Å². The molecule has 0 aliphatic heterocycles. The topological polar surface area (TPSA) is 12.0 Å². The standard InChI is InChI=1S/C31H31N/c1-3-23-31(2,32-29-17-11-6-12-18-29)28-21-19-25(20-22-28)24-30(26-13-7-4-8-14-26)27-15-9-5-10-16-27/h4-22,24,32H,3,23H2,1-2H3/t31-/m0/s1. The predicted molar refractivity (Wildman–Crippen MR) is 139 cm³/mol. The van der Waals surface area contributed by atoms with Gasteiger partial charge in [-0.15, -0.1) is 0 Å². The molecule has 4 aromatic carbocycles. The molecule has 0 saturated heterocycles. The summed E-state index contributed by atoms with van der Waals surface area (Å²) in [4.78, 5) is 0. The quantitative estimate of drug-likeness (QED) is 0.284. The van der Waals surface area contributed by atoms with Crippen molar-refractivity contribution in [3.8, 4) is 0 Å². The van der Waals surface area contributed by atoms with Gasteiger partial charge in [0.1, 0.15) is 0 Å². The average molecular weight is 418 g/mol.